The summed E-state index contributed by atoms with van der Waals surface area (Å²) in [5.41, 5.74) is 1.89. The number of nitrogens with one attached hydrogen (secondary N) is 1. The fraction of sp³-hybridized carbons (Fsp3) is 0.429. The van der Waals surface area contributed by atoms with Gasteiger partial charge in [0.05, 0.1) is 25.3 Å². The minimum atomic E-state index is -1.08. The van der Waals surface area contributed by atoms with Gasteiger partial charge < -0.3 is 15.0 Å². The molecule has 2 atom stereocenters. The lowest BCUT2D eigenvalue weighted by Crippen LogP contribution is -2.43. The van der Waals surface area contributed by atoms with Crippen molar-refractivity contribution < 1.29 is 23.1 Å². The van der Waals surface area contributed by atoms with Crippen molar-refractivity contribution >= 4 is 33.4 Å². The van der Waals surface area contributed by atoms with E-state index in [1.165, 1.54) is 23.0 Å². The molecule has 208 valence electrons. The van der Waals surface area contributed by atoms with Crippen molar-refractivity contribution in [2.24, 2.45) is 11.8 Å². The number of hydrogen-bond donors (Lipinski definition) is 1. The lowest BCUT2D eigenvalue weighted by molar-refractivity contribution is -0.127. The highest BCUT2D eigenvalue weighted by Crippen LogP contribution is 2.31. The SMILES string of the molecule is CCOc1ccc(-c2cn(C[C@H](CC(C)C)NC(=O)C3CC(=O)N(c4ccc(Br)cc4C)C3)nn2)c(F)c1F. The van der Waals surface area contributed by atoms with Gasteiger partial charge in [0.1, 0.15) is 5.69 Å². The number of ether oxygens (including phenoxy) is 1. The molecule has 0 radical (unpaired) electrons. The molecular formula is C28H32BrF2N5O3. The van der Waals surface area contributed by atoms with Crippen LogP contribution in [-0.2, 0) is 16.1 Å². The molecule has 1 fully saturated rings. The maximum Gasteiger partial charge on any atom is 0.227 e. The minimum absolute atomic E-state index is 0.0283. The Hall–Kier alpha value is -3.34. The zero-order chi connectivity index (χ0) is 28.3. The summed E-state index contributed by atoms with van der Waals surface area (Å²) in [4.78, 5) is 27.7. The van der Waals surface area contributed by atoms with Gasteiger partial charge in [-0.25, -0.2) is 9.07 Å². The largest absolute Gasteiger partial charge is 0.491 e. The standard InChI is InChI=1S/C28H32BrF2N5O3/c1-5-39-24-9-7-21(26(30)27(24)31)22-15-35(34-33-22)14-20(10-16(2)3)32-28(38)18-12-25(37)36(13-18)23-8-6-19(29)11-17(23)4/h6-9,11,15-16,18,20H,5,10,12-14H2,1-4H3,(H,32,38)/t18?,20-/m0/s1. The molecule has 4 rings (SSSR count). The third-order valence-electron chi connectivity index (χ3n) is 6.62. The molecule has 1 unspecified atom stereocenters. The molecule has 11 heteroatoms. The number of rotatable bonds is 10. The third kappa shape index (κ3) is 6.63. The van der Waals surface area contributed by atoms with Crippen molar-refractivity contribution in [2.45, 2.75) is 53.1 Å². The predicted octanol–water partition coefficient (Wildman–Crippen LogP) is 5.28. The second kappa shape index (κ2) is 12.2. The summed E-state index contributed by atoms with van der Waals surface area (Å²) in [5.74, 6) is -2.81. The molecule has 1 aliphatic heterocycles. The Morgan fingerprint density at radius 1 is 1.23 bits per heavy atom. The van der Waals surface area contributed by atoms with Gasteiger partial charge in [-0.3, -0.25) is 9.59 Å². The Labute approximate surface area is 234 Å². The predicted molar refractivity (Wildman–Crippen MR) is 147 cm³/mol. The number of aromatic nitrogens is 3. The van der Waals surface area contributed by atoms with Gasteiger partial charge >= 0.3 is 0 Å². The fourth-order valence-corrected chi connectivity index (χ4v) is 5.31. The molecule has 0 saturated carbocycles. The van der Waals surface area contributed by atoms with Crippen molar-refractivity contribution in [2.75, 3.05) is 18.1 Å². The first-order valence-corrected chi connectivity index (χ1v) is 13.7. The quantitative estimate of drug-likeness (QED) is 0.341. The highest BCUT2D eigenvalue weighted by atomic mass is 79.9. The Bertz CT molecular complexity index is 1360. The van der Waals surface area contributed by atoms with Gasteiger partial charge in [0.15, 0.2) is 11.6 Å². The van der Waals surface area contributed by atoms with E-state index >= 15 is 0 Å². The summed E-state index contributed by atoms with van der Waals surface area (Å²) in [6.07, 6.45) is 2.31. The van der Waals surface area contributed by atoms with Crippen LogP contribution in [0.25, 0.3) is 11.3 Å². The van der Waals surface area contributed by atoms with Crippen LogP contribution in [0.4, 0.5) is 14.5 Å². The molecule has 1 aromatic heterocycles. The van der Waals surface area contributed by atoms with Crippen LogP contribution in [0.1, 0.15) is 39.2 Å². The maximum absolute atomic E-state index is 14.7. The van der Waals surface area contributed by atoms with E-state index in [1.807, 2.05) is 39.0 Å². The number of benzene rings is 2. The average molecular weight is 604 g/mol. The fourth-order valence-electron chi connectivity index (χ4n) is 4.84. The van der Waals surface area contributed by atoms with Gasteiger partial charge in [0.25, 0.3) is 0 Å². The van der Waals surface area contributed by atoms with Crippen LogP contribution in [0.5, 0.6) is 5.75 Å². The first-order chi connectivity index (χ1) is 18.6. The molecule has 8 nitrogen and oxygen atoms in total. The molecule has 3 aromatic rings. The van der Waals surface area contributed by atoms with Crippen molar-refractivity contribution in [1.82, 2.24) is 20.3 Å². The summed E-state index contributed by atoms with van der Waals surface area (Å²) < 4.78 is 36.6. The van der Waals surface area contributed by atoms with Crippen LogP contribution in [0.15, 0.2) is 41.0 Å². The van der Waals surface area contributed by atoms with Gasteiger partial charge in [0.2, 0.25) is 17.6 Å². The van der Waals surface area contributed by atoms with Crippen molar-refractivity contribution in [3.05, 3.63) is 58.2 Å². The second-order valence-corrected chi connectivity index (χ2v) is 11.1. The summed E-state index contributed by atoms with van der Waals surface area (Å²) >= 11 is 3.44. The molecular weight excluding hydrogens is 572 g/mol. The van der Waals surface area contributed by atoms with Crippen LogP contribution < -0.4 is 15.0 Å². The molecule has 0 bridgehead atoms. The van der Waals surface area contributed by atoms with E-state index in [2.05, 4.69) is 31.6 Å². The lowest BCUT2D eigenvalue weighted by atomic mass is 10.0. The number of hydrogen-bond acceptors (Lipinski definition) is 5. The summed E-state index contributed by atoms with van der Waals surface area (Å²) in [5, 5.41) is 11.2. The van der Waals surface area contributed by atoms with E-state index < -0.39 is 17.6 Å². The number of nitrogens with zero attached hydrogens (tertiary/aromatic N) is 4. The lowest BCUT2D eigenvalue weighted by Gasteiger charge is -2.23. The molecule has 1 aliphatic rings. The van der Waals surface area contributed by atoms with E-state index in [-0.39, 0.29) is 60.4 Å². The smallest absolute Gasteiger partial charge is 0.227 e. The molecule has 39 heavy (non-hydrogen) atoms. The summed E-state index contributed by atoms with van der Waals surface area (Å²) in [7, 11) is 0. The van der Waals surface area contributed by atoms with Gasteiger partial charge in [-0.2, -0.15) is 4.39 Å². The minimum Gasteiger partial charge on any atom is -0.491 e. The number of aryl methyl sites for hydroxylation is 1. The first kappa shape index (κ1) is 28.7. The second-order valence-electron chi connectivity index (χ2n) is 10.2. The normalized spacial score (nSPS) is 16.2. The zero-order valence-electron chi connectivity index (χ0n) is 22.4. The van der Waals surface area contributed by atoms with E-state index in [0.29, 0.717) is 13.0 Å². The van der Waals surface area contributed by atoms with Gasteiger partial charge in [-0.1, -0.05) is 35.0 Å². The van der Waals surface area contributed by atoms with Crippen LogP contribution in [-0.4, -0.2) is 46.0 Å². The van der Waals surface area contributed by atoms with Crippen molar-refractivity contribution in [3.63, 3.8) is 0 Å². The highest BCUT2D eigenvalue weighted by Gasteiger charge is 2.36. The highest BCUT2D eigenvalue weighted by molar-refractivity contribution is 9.10. The number of halogens is 3. The van der Waals surface area contributed by atoms with Gasteiger partial charge in [-0.15, -0.1) is 5.10 Å². The number of carbonyl (C=O) groups excluding carboxylic acids is 2. The van der Waals surface area contributed by atoms with Crippen molar-refractivity contribution in [1.29, 1.82) is 0 Å². The Morgan fingerprint density at radius 2 is 2.00 bits per heavy atom. The molecule has 0 aliphatic carbocycles. The van der Waals surface area contributed by atoms with E-state index in [4.69, 9.17) is 4.74 Å². The monoisotopic (exact) mass is 603 g/mol. The molecule has 0 spiro atoms. The van der Waals surface area contributed by atoms with Crippen molar-refractivity contribution in [3.8, 4) is 17.0 Å². The summed E-state index contributed by atoms with van der Waals surface area (Å²) in [6.45, 7) is 8.51. The zero-order valence-corrected chi connectivity index (χ0v) is 24.0. The molecule has 2 amide bonds. The van der Waals surface area contributed by atoms with Crippen LogP contribution in [0.2, 0.25) is 0 Å². The molecule has 2 aromatic carbocycles. The average Bonchev–Trinajstić information content (AvgIpc) is 3.48. The first-order valence-electron chi connectivity index (χ1n) is 13.0. The molecule has 2 heterocycles. The maximum atomic E-state index is 14.7. The molecule has 1 N–H and O–H groups in total. The number of anilines is 1. The van der Waals surface area contributed by atoms with Crippen LogP contribution in [0.3, 0.4) is 0 Å². The topological polar surface area (TPSA) is 89.4 Å². The van der Waals surface area contributed by atoms with E-state index in [0.717, 1.165) is 15.7 Å². The van der Waals surface area contributed by atoms with E-state index in [1.54, 1.807) is 11.8 Å². The van der Waals surface area contributed by atoms with Crippen LogP contribution >= 0.6 is 15.9 Å². The van der Waals surface area contributed by atoms with Gasteiger partial charge in [-0.05, 0) is 62.1 Å². The molecule has 1 saturated heterocycles. The number of carbonyl (C=O) groups is 2. The Morgan fingerprint density at radius 3 is 2.69 bits per heavy atom. The van der Waals surface area contributed by atoms with E-state index in [9.17, 15) is 18.4 Å². The Kier molecular flexibility index (Phi) is 8.99. The van der Waals surface area contributed by atoms with Crippen LogP contribution in [0, 0.1) is 30.4 Å². The van der Waals surface area contributed by atoms with Gasteiger partial charge in [0, 0.05) is 34.7 Å². The third-order valence-corrected chi connectivity index (χ3v) is 7.11. The summed E-state index contributed by atoms with van der Waals surface area (Å²) in [6, 6.07) is 8.16. The number of amides is 2. The Balaban J connectivity index is 1.45.